The van der Waals surface area contributed by atoms with Crippen LogP contribution in [0.3, 0.4) is 0 Å². The molecule has 2 heterocycles. The van der Waals surface area contributed by atoms with E-state index in [0.29, 0.717) is 0 Å². The summed E-state index contributed by atoms with van der Waals surface area (Å²) in [7, 11) is 0. The summed E-state index contributed by atoms with van der Waals surface area (Å²) in [4.78, 5) is 2.43. The summed E-state index contributed by atoms with van der Waals surface area (Å²) in [6, 6.07) is 76.5. The van der Waals surface area contributed by atoms with E-state index in [1.165, 1.54) is 64.7 Å². The number of hydrogen-bond donors (Lipinski definition) is 0. The molecule has 0 aliphatic heterocycles. The maximum absolute atomic E-state index is 6.34. The van der Waals surface area contributed by atoms with Crippen molar-refractivity contribution in [3.8, 4) is 44.5 Å². The van der Waals surface area contributed by atoms with Gasteiger partial charge in [0.2, 0.25) is 0 Å². The van der Waals surface area contributed by atoms with Crippen molar-refractivity contribution in [3.63, 3.8) is 0 Å². The van der Waals surface area contributed by atoms with Crippen LogP contribution in [0.1, 0.15) is 0 Å². The van der Waals surface area contributed by atoms with Gasteiger partial charge in [-0.05, 0) is 87.5 Å². The van der Waals surface area contributed by atoms with Gasteiger partial charge in [0.05, 0.1) is 5.69 Å². The molecule has 0 saturated heterocycles. The lowest BCUT2D eigenvalue weighted by Crippen LogP contribution is -2.12. The van der Waals surface area contributed by atoms with Gasteiger partial charge in [0, 0.05) is 47.9 Å². The van der Waals surface area contributed by atoms with Crippen molar-refractivity contribution in [2.75, 3.05) is 4.90 Å². The first-order valence-corrected chi connectivity index (χ1v) is 20.2. The van der Waals surface area contributed by atoms with Crippen LogP contribution in [0.25, 0.3) is 86.6 Å². The smallest absolute Gasteiger partial charge is 0.135 e. The summed E-state index contributed by atoms with van der Waals surface area (Å²) < 4.78 is 8.96. The second-order valence-electron chi connectivity index (χ2n) is 14.4. The highest BCUT2D eigenvalue weighted by molar-refractivity contribution is 7.26. The zero-order valence-electron chi connectivity index (χ0n) is 31.0. The third-order valence-corrected chi connectivity index (χ3v) is 12.3. The number of thiophene rings is 1. The van der Waals surface area contributed by atoms with Crippen LogP contribution in [-0.2, 0) is 0 Å². The van der Waals surface area contributed by atoms with Crippen molar-refractivity contribution in [3.05, 3.63) is 212 Å². The topological polar surface area (TPSA) is 16.4 Å². The summed E-state index contributed by atoms with van der Waals surface area (Å²) in [5, 5.41) is 4.81. The molecule has 0 atom stereocenters. The molecule has 0 radical (unpaired) electrons. The molecule has 0 bridgehead atoms. The molecule has 2 nitrogen and oxygen atoms in total. The van der Waals surface area contributed by atoms with E-state index in [9.17, 15) is 0 Å². The summed E-state index contributed by atoms with van der Waals surface area (Å²) in [5.41, 5.74) is 14.5. The molecule has 9 aromatic carbocycles. The zero-order chi connectivity index (χ0) is 37.7. The number of rotatable bonds is 7. The van der Waals surface area contributed by atoms with Gasteiger partial charge in [-0.15, -0.1) is 11.3 Å². The van der Waals surface area contributed by atoms with Crippen molar-refractivity contribution in [1.82, 2.24) is 0 Å². The molecule has 0 fully saturated rings. The van der Waals surface area contributed by atoms with Crippen LogP contribution in [0.5, 0.6) is 0 Å². The van der Waals surface area contributed by atoms with Crippen molar-refractivity contribution in [2.24, 2.45) is 0 Å². The van der Waals surface area contributed by atoms with Gasteiger partial charge in [0.1, 0.15) is 11.2 Å². The van der Waals surface area contributed by atoms with Gasteiger partial charge >= 0.3 is 0 Å². The van der Waals surface area contributed by atoms with Gasteiger partial charge in [0.25, 0.3) is 0 Å². The van der Waals surface area contributed by atoms with Crippen LogP contribution in [0.4, 0.5) is 17.1 Å². The van der Waals surface area contributed by atoms with Crippen molar-refractivity contribution < 1.29 is 4.42 Å². The SMILES string of the molecule is c1ccc(-c2ccccc2-c2c(-c3ccccc3)cccc2N(c2ccc(-c3cccc4c3sc3ccccc34)cc2)c2ccc3oc4ccccc4c3c2)cc1. The van der Waals surface area contributed by atoms with Gasteiger partial charge in [-0.2, -0.15) is 0 Å². The standard InChI is InChI=1S/C54H35NOS/c1-3-15-36(16-4-1)41-19-7-8-22-46(41)53-42(37-17-5-2-6-18-37)23-14-26-49(53)55(40-33-34-51-48(35-40)44-20-9-11-27-50(44)56-51)39-31-29-38(30-32-39)43-24-13-25-47-45-21-10-12-28-52(45)57-54(43)47/h1-35H. The minimum Gasteiger partial charge on any atom is -0.456 e. The molecule has 57 heavy (non-hydrogen) atoms. The van der Waals surface area contributed by atoms with Gasteiger partial charge < -0.3 is 9.32 Å². The van der Waals surface area contributed by atoms with Gasteiger partial charge in [-0.1, -0.05) is 164 Å². The first-order chi connectivity index (χ1) is 28.3. The Hall–Kier alpha value is -7.20. The molecule has 0 unspecified atom stereocenters. The normalized spacial score (nSPS) is 11.5. The highest BCUT2D eigenvalue weighted by atomic mass is 32.1. The number of fused-ring (bicyclic) bond motifs is 6. The van der Waals surface area contributed by atoms with Crippen LogP contribution >= 0.6 is 11.3 Å². The summed E-state index contributed by atoms with van der Waals surface area (Å²) in [5.74, 6) is 0. The average Bonchev–Trinajstić information content (AvgIpc) is 3.86. The predicted molar refractivity (Wildman–Crippen MR) is 243 cm³/mol. The first kappa shape index (κ1) is 33.2. The molecular weight excluding hydrogens is 711 g/mol. The lowest BCUT2D eigenvalue weighted by molar-refractivity contribution is 0.669. The summed E-state index contributed by atoms with van der Waals surface area (Å²) in [6.45, 7) is 0. The number of para-hydroxylation sites is 1. The van der Waals surface area contributed by atoms with Crippen LogP contribution in [0, 0.1) is 0 Å². The van der Waals surface area contributed by atoms with Gasteiger partial charge in [-0.3, -0.25) is 0 Å². The van der Waals surface area contributed by atoms with E-state index in [0.717, 1.165) is 39.0 Å². The van der Waals surface area contributed by atoms with Crippen LogP contribution in [-0.4, -0.2) is 0 Å². The van der Waals surface area contributed by atoms with Gasteiger partial charge in [-0.25, -0.2) is 0 Å². The molecule has 2 aromatic heterocycles. The Morgan fingerprint density at radius 2 is 0.912 bits per heavy atom. The van der Waals surface area contributed by atoms with E-state index in [4.69, 9.17) is 4.42 Å². The average molecular weight is 746 g/mol. The Bertz CT molecular complexity index is 3230. The van der Waals surface area contributed by atoms with Crippen molar-refractivity contribution in [1.29, 1.82) is 0 Å². The molecule has 0 spiro atoms. The molecule has 0 aliphatic carbocycles. The molecule has 268 valence electrons. The Morgan fingerprint density at radius 3 is 1.72 bits per heavy atom. The fraction of sp³-hybridized carbons (Fsp3) is 0. The third kappa shape index (κ3) is 5.71. The molecule has 11 aromatic rings. The fourth-order valence-electron chi connectivity index (χ4n) is 8.48. The number of furan rings is 1. The van der Waals surface area contributed by atoms with E-state index < -0.39 is 0 Å². The number of hydrogen-bond acceptors (Lipinski definition) is 3. The Labute approximate surface area is 335 Å². The second kappa shape index (κ2) is 13.8. The number of anilines is 3. The maximum atomic E-state index is 6.34. The molecular formula is C54H35NOS. The summed E-state index contributed by atoms with van der Waals surface area (Å²) in [6.07, 6.45) is 0. The number of nitrogens with zero attached hydrogens (tertiary/aromatic N) is 1. The van der Waals surface area contributed by atoms with E-state index in [1.54, 1.807) is 0 Å². The molecule has 0 N–H and O–H groups in total. The second-order valence-corrected chi connectivity index (χ2v) is 15.5. The van der Waals surface area contributed by atoms with Crippen LogP contribution in [0.2, 0.25) is 0 Å². The fourth-order valence-corrected chi connectivity index (χ4v) is 9.72. The first-order valence-electron chi connectivity index (χ1n) is 19.3. The number of benzene rings is 9. The molecule has 3 heteroatoms. The Morgan fingerprint density at radius 1 is 0.351 bits per heavy atom. The Kier molecular flexibility index (Phi) is 8.04. The highest BCUT2D eigenvalue weighted by Gasteiger charge is 2.24. The van der Waals surface area contributed by atoms with Gasteiger partial charge in [0.15, 0.2) is 0 Å². The van der Waals surface area contributed by atoms with Crippen LogP contribution < -0.4 is 4.90 Å². The minimum absolute atomic E-state index is 0.874. The van der Waals surface area contributed by atoms with Crippen molar-refractivity contribution >= 4 is 70.5 Å². The van der Waals surface area contributed by atoms with E-state index in [1.807, 2.05) is 23.5 Å². The molecule has 11 rings (SSSR count). The van der Waals surface area contributed by atoms with Crippen LogP contribution in [0.15, 0.2) is 217 Å². The van der Waals surface area contributed by atoms with Crippen molar-refractivity contribution in [2.45, 2.75) is 0 Å². The monoisotopic (exact) mass is 745 g/mol. The molecule has 0 amide bonds. The van der Waals surface area contributed by atoms with E-state index in [2.05, 4.69) is 205 Å². The largest absolute Gasteiger partial charge is 0.456 e. The third-order valence-electron chi connectivity index (χ3n) is 11.1. The predicted octanol–water partition coefficient (Wildman–Crippen LogP) is 16.1. The van der Waals surface area contributed by atoms with E-state index in [-0.39, 0.29) is 0 Å². The molecule has 0 aliphatic rings. The lowest BCUT2D eigenvalue weighted by Gasteiger charge is -2.30. The lowest BCUT2D eigenvalue weighted by atomic mass is 9.87. The Balaban J connectivity index is 1.16. The maximum Gasteiger partial charge on any atom is 0.135 e. The zero-order valence-corrected chi connectivity index (χ0v) is 31.8. The van der Waals surface area contributed by atoms with E-state index >= 15 is 0 Å². The highest BCUT2D eigenvalue weighted by Crippen LogP contribution is 2.49. The quantitative estimate of drug-likeness (QED) is 0.162. The minimum atomic E-state index is 0.874. The summed E-state index contributed by atoms with van der Waals surface area (Å²) >= 11 is 1.87. The molecule has 0 saturated carbocycles.